The van der Waals surface area contributed by atoms with Gasteiger partial charge in [0.2, 0.25) is 11.7 Å². The van der Waals surface area contributed by atoms with Gasteiger partial charge in [-0.1, -0.05) is 47.6 Å². The summed E-state index contributed by atoms with van der Waals surface area (Å²) in [6.07, 6.45) is 6.04. The van der Waals surface area contributed by atoms with Crippen molar-refractivity contribution in [2.45, 2.75) is 44.2 Å². The summed E-state index contributed by atoms with van der Waals surface area (Å²) in [4.78, 5) is 4.70. The number of aromatic nitrogens is 2. The van der Waals surface area contributed by atoms with Crippen LogP contribution in [0, 0.1) is 5.92 Å². The number of nitrogens with one attached hydrogen (secondary N) is 1. The number of benzene rings is 2. The molecule has 5 heteroatoms. The maximum absolute atomic E-state index is 5.58. The van der Waals surface area contributed by atoms with E-state index in [2.05, 4.69) is 52.9 Å². The second-order valence-electron chi connectivity index (χ2n) is 7.22. The van der Waals surface area contributed by atoms with E-state index in [1.54, 1.807) is 0 Å². The van der Waals surface area contributed by atoms with E-state index in [-0.39, 0.29) is 12.4 Å². The fourth-order valence-corrected chi connectivity index (χ4v) is 4.46. The number of rotatable bonds is 3. The summed E-state index contributed by atoms with van der Waals surface area (Å²) in [6.45, 7) is 0. The van der Waals surface area contributed by atoms with Gasteiger partial charge >= 0.3 is 0 Å². The molecular weight excluding hydrogens is 334 g/mol. The monoisotopic (exact) mass is 355 g/mol. The highest BCUT2D eigenvalue weighted by Gasteiger charge is 2.34. The van der Waals surface area contributed by atoms with Crippen molar-refractivity contribution >= 4 is 23.2 Å². The SMILES string of the molecule is Cl.c1ccc2c(-c3noc(CC4CC5CCC(C4)N5)n3)cccc2c1. The summed E-state index contributed by atoms with van der Waals surface area (Å²) >= 11 is 0. The van der Waals surface area contributed by atoms with E-state index in [0.717, 1.165) is 17.9 Å². The van der Waals surface area contributed by atoms with Gasteiger partial charge in [-0.05, 0) is 42.4 Å². The highest BCUT2D eigenvalue weighted by Crippen LogP contribution is 2.33. The van der Waals surface area contributed by atoms with Gasteiger partial charge in [0.25, 0.3) is 0 Å². The Morgan fingerprint density at radius 2 is 1.76 bits per heavy atom. The van der Waals surface area contributed by atoms with Gasteiger partial charge in [0.05, 0.1) is 0 Å². The van der Waals surface area contributed by atoms with Crippen LogP contribution < -0.4 is 5.32 Å². The third-order valence-corrected chi connectivity index (χ3v) is 5.53. The molecular formula is C20H22ClN3O. The first-order chi connectivity index (χ1) is 11.8. The molecule has 1 aromatic heterocycles. The van der Waals surface area contributed by atoms with E-state index in [0.29, 0.717) is 23.8 Å². The second kappa shape index (κ2) is 6.77. The molecule has 0 saturated carbocycles. The van der Waals surface area contributed by atoms with Gasteiger partial charge in [-0.2, -0.15) is 4.98 Å². The van der Waals surface area contributed by atoms with Gasteiger partial charge in [0.15, 0.2) is 0 Å². The van der Waals surface area contributed by atoms with Crippen molar-refractivity contribution in [3.8, 4) is 11.4 Å². The third-order valence-electron chi connectivity index (χ3n) is 5.53. The average Bonchev–Trinajstić information content (AvgIpc) is 3.21. The van der Waals surface area contributed by atoms with E-state index in [1.165, 1.54) is 36.5 Å². The van der Waals surface area contributed by atoms with Crippen LogP contribution in [0.4, 0.5) is 0 Å². The molecule has 0 aliphatic carbocycles. The summed E-state index contributed by atoms with van der Waals surface area (Å²) in [5.74, 6) is 2.16. The largest absolute Gasteiger partial charge is 0.339 e. The van der Waals surface area contributed by atoms with Crippen molar-refractivity contribution in [2.24, 2.45) is 5.92 Å². The van der Waals surface area contributed by atoms with Crippen molar-refractivity contribution < 1.29 is 4.52 Å². The van der Waals surface area contributed by atoms with Crippen LogP contribution in [0.5, 0.6) is 0 Å². The van der Waals surface area contributed by atoms with Gasteiger partial charge in [0, 0.05) is 24.1 Å². The first-order valence-corrected chi connectivity index (χ1v) is 8.92. The van der Waals surface area contributed by atoms with Crippen LogP contribution in [0.1, 0.15) is 31.6 Å². The molecule has 2 aliphatic heterocycles. The zero-order valence-electron chi connectivity index (χ0n) is 14.0. The molecule has 3 heterocycles. The first-order valence-electron chi connectivity index (χ1n) is 8.92. The number of hydrogen-bond acceptors (Lipinski definition) is 4. The molecule has 2 unspecified atom stereocenters. The summed E-state index contributed by atoms with van der Waals surface area (Å²) in [5.41, 5.74) is 1.05. The molecule has 4 nitrogen and oxygen atoms in total. The molecule has 3 aromatic rings. The van der Waals surface area contributed by atoms with Gasteiger partial charge in [-0.3, -0.25) is 0 Å². The standard InChI is InChI=1S/C20H21N3O.ClH/c1-2-6-17-14(4-1)5-3-7-18(17)20-22-19(24-23-20)12-13-10-15-8-9-16(11-13)21-15;/h1-7,13,15-16,21H,8-12H2;1H. The van der Waals surface area contributed by atoms with E-state index in [4.69, 9.17) is 9.51 Å². The molecule has 130 valence electrons. The molecule has 25 heavy (non-hydrogen) atoms. The van der Waals surface area contributed by atoms with Crippen molar-refractivity contribution in [1.82, 2.24) is 15.5 Å². The molecule has 2 aromatic carbocycles. The summed E-state index contributed by atoms with van der Waals surface area (Å²) in [6, 6.07) is 16.0. The fourth-order valence-electron chi connectivity index (χ4n) is 4.46. The molecule has 0 radical (unpaired) electrons. The van der Waals surface area contributed by atoms with Gasteiger partial charge in [0.1, 0.15) is 0 Å². The van der Waals surface area contributed by atoms with Crippen LogP contribution in [0.25, 0.3) is 22.2 Å². The number of fused-ring (bicyclic) bond motifs is 3. The summed E-state index contributed by atoms with van der Waals surface area (Å²) < 4.78 is 5.58. The van der Waals surface area contributed by atoms with E-state index in [9.17, 15) is 0 Å². The predicted molar refractivity (Wildman–Crippen MR) is 101 cm³/mol. The molecule has 2 aliphatic rings. The van der Waals surface area contributed by atoms with Crippen LogP contribution in [-0.4, -0.2) is 22.2 Å². The minimum absolute atomic E-state index is 0. The summed E-state index contributed by atoms with van der Waals surface area (Å²) in [5, 5.41) is 10.3. The lowest BCUT2D eigenvalue weighted by Gasteiger charge is -2.27. The van der Waals surface area contributed by atoms with E-state index < -0.39 is 0 Å². The van der Waals surface area contributed by atoms with Crippen molar-refractivity contribution in [3.63, 3.8) is 0 Å². The second-order valence-corrected chi connectivity index (χ2v) is 7.22. The maximum Gasteiger partial charge on any atom is 0.227 e. The van der Waals surface area contributed by atoms with E-state index >= 15 is 0 Å². The zero-order chi connectivity index (χ0) is 15.9. The molecule has 1 N–H and O–H groups in total. The van der Waals surface area contributed by atoms with Crippen LogP contribution in [0.2, 0.25) is 0 Å². The summed E-state index contributed by atoms with van der Waals surface area (Å²) in [7, 11) is 0. The van der Waals surface area contributed by atoms with Crippen molar-refractivity contribution in [2.75, 3.05) is 0 Å². The molecule has 0 amide bonds. The van der Waals surface area contributed by atoms with Crippen LogP contribution in [-0.2, 0) is 6.42 Å². The Morgan fingerprint density at radius 3 is 2.60 bits per heavy atom. The highest BCUT2D eigenvalue weighted by molar-refractivity contribution is 5.94. The molecule has 2 bridgehead atoms. The minimum Gasteiger partial charge on any atom is -0.339 e. The Morgan fingerprint density at radius 1 is 1.00 bits per heavy atom. The van der Waals surface area contributed by atoms with Crippen molar-refractivity contribution in [1.29, 1.82) is 0 Å². The van der Waals surface area contributed by atoms with Gasteiger partial charge in [-0.15, -0.1) is 12.4 Å². The average molecular weight is 356 g/mol. The normalized spacial score (nSPS) is 25.0. The Kier molecular flexibility index (Phi) is 4.48. The lowest BCUT2D eigenvalue weighted by atomic mass is 9.90. The highest BCUT2D eigenvalue weighted by atomic mass is 35.5. The Labute approximate surface area is 153 Å². The Hall–Kier alpha value is -1.91. The molecule has 2 fully saturated rings. The van der Waals surface area contributed by atoms with Gasteiger partial charge in [-0.25, -0.2) is 0 Å². The van der Waals surface area contributed by atoms with Crippen molar-refractivity contribution in [3.05, 3.63) is 48.4 Å². The van der Waals surface area contributed by atoms with Crippen LogP contribution in [0.3, 0.4) is 0 Å². The van der Waals surface area contributed by atoms with Gasteiger partial charge < -0.3 is 9.84 Å². The Bertz CT molecular complexity index is 861. The minimum atomic E-state index is 0. The fraction of sp³-hybridized carbons (Fsp3) is 0.400. The smallest absolute Gasteiger partial charge is 0.227 e. The van der Waals surface area contributed by atoms with Crippen LogP contribution >= 0.6 is 12.4 Å². The quantitative estimate of drug-likeness (QED) is 0.757. The third kappa shape index (κ3) is 3.16. The van der Waals surface area contributed by atoms with Crippen LogP contribution in [0.15, 0.2) is 47.0 Å². The number of hydrogen-bond donors (Lipinski definition) is 1. The number of nitrogens with zero attached hydrogens (tertiary/aromatic N) is 2. The lowest BCUT2D eigenvalue weighted by molar-refractivity contribution is 0.270. The lowest BCUT2D eigenvalue weighted by Crippen LogP contribution is -2.38. The number of halogens is 1. The maximum atomic E-state index is 5.58. The Balaban J connectivity index is 0.00000157. The molecule has 5 rings (SSSR count). The number of piperidine rings is 1. The van der Waals surface area contributed by atoms with E-state index in [1.807, 2.05) is 0 Å². The molecule has 2 atom stereocenters. The molecule has 0 spiro atoms. The zero-order valence-corrected chi connectivity index (χ0v) is 14.8. The molecule has 2 saturated heterocycles. The topological polar surface area (TPSA) is 51.0 Å². The predicted octanol–water partition coefficient (Wildman–Crippen LogP) is 4.38. The first kappa shape index (κ1) is 16.6.